The summed E-state index contributed by atoms with van der Waals surface area (Å²) in [6, 6.07) is 9.19. The van der Waals surface area contributed by atoms with E-state index < -0.39 is 15.9 Å². The van der Waals surface area contributed by atoms with Crippen LogP contribution < -0.4 is 0 Å². The Morgan fingerprint density at radius 2 is 1.97 bits per heavy atom. The van der Waals surface area contributed by atoms with Crippen LogP contribution in [0.15, 0.2) is 39.2 Å². The third-order valence-corrected chi connectivity index (χ3v) is 7.39. The molecule has 1 fully saturated rings. The maximum Gasteiger partial charge on any atom is 0.290 e. The summed E-state index contributed by atoms with van der Waals surface area (Å²) < 4.78 is 35.7. The molecule has 0 spiro atoms. The van der Waals surface area contributed by atoms with Crippen LogP contribution in [0.1, 0.15) is 46.5 Å². The number of nitrogens with zero attached hydrogens (tertiary/aromatic N) is 1. The molecule has 154 valence electrons. The Balaban J connectivity index is 1.72. The zero-order valence-electron chi connectivity index (χ0n) is 16.9. The Morgan fingerprint density at radius 3 is 2.59 bits per heavy atom. The van der Waals surface area contributed by atoms with E-state index in [-0.39, 0.29) is 29.7 Å². The molecule has 0 unspecified atom stereocenters. The van der Waals surface area contributed by atoms with Gasteiger partial charge < -0.3 is 13.7 Å². The summed E-state index contributed by atoms with van der Waals surface area (Å²) in [6.07, 6.45) is 1.32. The van der Waals surface area contributed by atoms with E-state index in [4.69, 9.17) is 8.83 Å². The first kappa shape index (κ1) is 19.8. The van der Waals surface area contributed by atoms with Crippen molar-refractivity contribution in [3.63, 3.8) is 0 Å². The second kappa shape index (κ2) is 7.37. The maximum absolute atomic E-state index is 13.5. The van der Waals surface area contributed by atoms with Crippen LogP contribution in [0.3, 0.4) is 0 Å². The number of fused-ring (bicyclic) bond motifs is 1. The molecule has 1 aromatic carbocycles. The lowest BCUT2D eigenvalue weighted by molar-refractivity contribution is 0.0634. The Labute approximate surface area is 170 Å². The molecule has 4 rings (SSSR count). The number of hydrogen-bond donors (Lipinski definition) is 0. The third kappa shape index (κ3) is 3.83. The fraction of sp³-hybridized carbons (Fsp3) is 0.409. The van der Waals surface area contributed by atoms with Crippen LogP contribution in [0.25, 0.3) is 11.0 Å². The van der Waals surface area contributed by atoms with Crippen LogP contribution in [0.5, 0.6) is 0 Å². The number of rotatable bonds is 5. The topological polar surface area (TPSA) is 80.7 Å². The highest BCUT2D eigenvalue weighted by atomic mass is 32.2. The number of hydrogen-bond acceptors (Lipinski definition) is 5. The van der Waals surface area contributed by atoms with Crippen LogP contribution in [0.2, 0.25) is 0 Å². The highest BCUT2D eigenvalue weighted by Gasteiger charge is 2.37. The van der Waals surface area contributed by atoms with Gasteiger partial charge in [-0.25, -0.2) is 8.42 Å². The van der Waals surface area contributed by atoms with Crippen molar-refractivity contribution in [3.8, 4) is 0 Å². The SMILES string of the molecule is CCc1ccc2oc(C(=O)N(Cc3ccc(C)o3)[C@@H]3CCS(=O)(=O)C3)c(C)c2c1. The van der Waals surface area contributed by atoms with Crippen molar-refractivity contribution in [1.29, 1.82) is 0 Å². The van der Waals surface area contributed by atoms with Crippen molar-refractivity contribution in [2.45, 2.75) is 46.2 Å². The molecule has 29 heavy (non-hydrogen) atoms. The number of benzene rings is 1. The van der Waals surface area contributed by atoms with E-state index in [1.807, 2.05) is 44.2 Å². The fourth-order valence-corrected chi connectivity index (χ4v) is 5.68. The van der Waals surface area contributed by atoms with Crippen molar-refractivity contribution in [3.05, 3.63) is 58.7 Å². The molecule has 7 heteroatoms. The molecule has 1 saturated heterocycles. The second-order valence-electron chi connectivity index (χ2n) is 7.74. The first-order chi connectivity index (χ1) is 13.8. The summed E-state index contributed by atoms with van der Waals surface area (Å²) in [5.74, 6) is 1.41. The van der Waals surface area contributed by atoms with Gasteiger partial charge >= 0.3 is 0 Å². The van der Waals surface area contributed by atoms with Gasteiger partial charge in [-0.15, -0.1) is 0 Å². The Morgan fingerprint density at radius 1 is 1.17 bits per heavy atom. The molecule has 1 atom stereocenters. The van der Waals surface area contributed by atoms with Crippen LogP contribution >= 0.6 is 0 Å². The van der Waals surface area contributed by atoms with Crippen molar-refractivity contribution < 1.29 is 22.0 Å². The minimum absolute atomic E-state index is 0.0301. The van der Waals surface area contributed by atoms with Crippen LogP contribution in [0.4, 0.5) is 0 Å². The lowest BCUT2D eigenvalue weighted by atomic mass is 10.1. The van der Waals surface area contributed by atoms with Crippen molar-refractivity contribution >= 4 is 26.7 Å². The lowest BCUT2D eigenvalue weighted by Crippen LogP contribution is -2.40. The van der Waals surface area contributed by atoms with Gasteiger partial charge in [-0.05, 0) is 56.5 Å². The van der Waals surface area contributed by atoms with Gasteiger partial charge in [0, 0.05) is 17.0 Å². The average molecular weight is 416 g/mol. The molecule has 0 N–H and O–H groups in total. The number of amides is 1. The number of aryl methyl sites for hydroxylation is 3. The maximum atomic E-state index is 13.5. The lowest BCUT2D eigenvalue weighted by Gasteiger charge is -2.26. The van der Waals surface area contributed by atoms with Gasteiger partial charge in [0.15, 0.2) is 15.6 Å². The molecule has 3 aromatic rings. The van der Waals surface area contributed by atoms with E-state index in [2.05, 4.69) is 6.92 Å². The predicted molar refractivity (Wildman–Crippen MR) is 111 cm³/mol. The molecule has 1 amide bonds. The molecule has 1 aliphatic heterocycles. The Hall–Kier alpha value is -2.54. The summed E-state index contributed by atoms with van der Waals surface area (Å²) >= 11 is 0. The minimum atomic E-state index is -3.14. The first-order valence-electron chi connectivity index (χ1n) is 9.86. The Kier molecular flexibility index (Phi) is 5.02. The molecular weight excluding hydrogens is 390 g/mol. The van der Waals surface area contributed by atoms with E-state index in [0.29, 0.717) is 17.8 Å². The monoisotopic (exact) mass is 415 g/mol. The van der Waals surface area contributed by atoms with Gasteiger partial charge in [-0.3, -0.25) is 4.79 Å². The summed E-state index contributed by atoms with van der Waals surface area (Å²) in [6.45, 7) is 6.00. The molecule has 2 aromatic heterocycles. The van der Waals surface area contributed by atoms with E-state index in [9.17, 15) is 13.2 Å². The zero-order chi connectivity index (χ0) is 20.8. The summed E-state index contributed by atoms with van der Waals surface area (Å²) in [4.78, 5) is 15.1. The first-order valence-corrected chi connectivity index (χ1v) is 11.7. The van der Waals surface area contributed by atoms with Gasteiger partial charge in [-0.2, -0.15) is 0 Å². The quantitative estimate of drug-likeness (QED) is 0.628. The predicted octanol–water partition coefficient (Wildman–Crippen LogP) is 4.03. The second-order valence-corrected chi connectivity index (χ2v) is 9.97. The molecule has 1 aliphatic rings. The summed E-state index contributed by atoms with van der Waals surface area (Å²) in [5, 5.41) is 0.917. The zero-order valence-corrected chi connectivity index (χ0v) is 17.7. The molecule has 0 saturated carbocycles. The molecule has 6 nitrogen and oxygen atoms in total. The minimum Gasteiger partial charge on any atom is -0.464 e. The molecule has 0 aliphatic carbocycles. The number of furan rings is 2. The summed E-state index contributed by atoms with van der Waals surface area (Å²) in [7, 11) is -3.14. The van der Waals surface area contributed by atoms with Crippen LogP contribution in [0, 0.1) is 13.8 Å². The normalized spacial score (nSPS) is 18.4. The van der Waals surface area contributed by atoms with Gasteiger partial charge in [0.05, 0.1) is 18.1 Å². The van der Waals surface area contributed by atoms with Crippen molar-refractivity contribution in [2.75, 3.05) is 11.5 Å². The van der Waals surface area contributed by atoms with Crippen molar-refractivity contribution in [2.24, 2.45) is 0 Å². The third-order valence-electron chi connectivity index (χ3n) is 5.64. The van der Waals surface area contributed by atoms with Gasteiger partial charge in [0.1, 0.15) is 17.1 Å². The van der Waals surface area contributed by atoms with Gasteiger partial charge in [0.2, 0.25) is 0 Å². The van der Waals surface area contributed by atoms with E-state index in [0.717, 1.165) is 23.1 Å². The van der Waals surface area contributed by atoms with Crippen LogP contribution in [-0.2, 0) is 22.8 Å². The van der Waals surface area contributed by atoms with Crippen molar-refractivity contribution in [1.82, 2.24) is 4.90 Å². The van der Waals surface area contributed by atoms with E-state index in [1.165, 1.54) is 5.56 Å². The Bertz CT molecular complexity index is 1170. The molecular formula is C22H25NO5S. The average Bonchev–Trinajstić information content (AvgIpc) is 3.36. The highest BCUT2D eigenvalue weighted by molar-refractivity contribution is 7.91. The van der Waals surface area contributed by atoms with Gasteiger partial charge in [0.25, 0.3) is 5.91 Å². The van der Waals surface area contributed by atoms with E-state index >= 15 is 0 Å². The molecule has 0 bridgehead atoms. The largest absolute Gasteiger partial charge is 0.464 e. The number of carbonyl (C=O) groups is 1. The van der Waals surface area contributed by atoms with E-state index in [1.54, 1.807) is 4.90 Å². The molecule has 0 radical (unpaired) electrons. The standard InChI is InChI=1S/C22H25NO5S/c1-4-16-6-8-20-19(11-16)15(3)21(28-20)22(24)23(12-18-7-5-14(2)27-18)17-9-10-29(25,26)13-17/h5-8,11,17H,4,9-10,12-13H2,1-3H3/t17-/m1/s1. The molecule has 3 heterocycles. The van der Waals surface area contributed by atoms with Gasteiger partial charge in [-0.1, -0.05) is 13.0 Å². The highest BCUT2D eigenvalue weighted by Crippen LogP contribution is 2.30. The van der Waals surface area contributed by atoms with Crippen LogP contribution in [-0.4, -0.2) is 36.8 Å². The smallest absolute Gasteiger partial charge is 0.290 e. The number of carbonyl (C=O) groups excluding carboxylic acids is 1. The number of sulfone groups is 1. The summed E-state index contributed by atoms with van der Waals surface area (Å²) in [5.41, 5.74) is 2.61. The fourth-order valence-electron chi connectivity index (χ4n) is 3.95.